The van der Waals surface area contributed by atoms with Crippen LogP contribution < -0.4 is 19.5 Å². The number of aryl methyl sites for hydroxylation is 1. The maximum atomic E-state index is 11.9. The summed E-state index contributed by atoms with van der Waals surface area (Å²) >= 11 is 0. The summed E-state index contributed by atoms with van der Waals surface area (Å²) in [6.45, 7) is 2.72. The van der Waals surface area contributed by atoms with Crippen LogP contribution in [0.5, 0.6) is 17.2 Å². The molecule has 1 atom stereocenters. The van der Waals surface area contributed by atoms with Gasteiger partial charge in [0.25, 0.3) is 5.91 Å². The number of benzene rings is 2. The molecule has 0 aliphatic carbocycles. The van der Waals surface area contributed by atoms with E-state index in [1.807, 2.05) is 55.5 Å². The van der Waals surface area contributed by atoms with Crippen LogP contribution in [0.15, 0.2) is 48.5 Å². The van der Waals surface area contributed by atoms with Gasteiger partial charge < -0.3 is 19.5 Å². The van der Waals surface area contributed by atoms with E-state index in [9.17, 15) is 4.79 Å². The molecule has 0 radical (unpaired) electrons. The van der Waals surface area contributed by atoms with E-state index in [-0.39, 0.29) is 18.6 Å². The van der Waals surface area contributed by atoms with Crippen LogP contribution >= 0.6 is 0 Å². The highest BCUT2D eigenvalue weighted by Crippen LogP contribution is 2.30. The first-order valence-corrected chi connectivity index (χ1v) is 7.56. The lowest BCUT2D eigenvalue weighted by Crippen LogP contribution is -2.42. The lowest BCUT2D eigenvalue weighted by Gasteiger charge is -2.26. The Kier molecular flexibility index (Phi) is 4.66. The quantitative estimate of drug-likeness (QED) is 0.920. The van der Waals surface area contributed by atoms with E-state index in [4.69, 9.17) is 14.2 Å². The highest BCUT2D eigenvalue weighted by molar-refractivity contribution is 5.77. The zero-order valence-corrected chi connectivity index (χ0v) is 13.0. The smallest absolute Gasteiger partial charge is 0.258 e. The summed E-state index contributed by atoms with van der Waals surface area (Å²) in [5.41, 5.74) is 1.00. The first-order valence-electron chi connectivity index (χ1n) is 7.56. The number of hydrogen-bond donors (Lipinski definition) is 1. The van der Waals surface area contributed by atoms with E-state index >= 15 is 0 Å². The van der Waals surface area contributed by atoms with Crippen molar-refractivity contribution in [3.8, 4) is 17.2 Å². The lowest BCUT2D eigenvalue weighted by atomic mass is 10.2. The second-order valence-electron chi connectivity index (χ2n) is 5.36. The van der Waals surface area contributed by atoms with Crippen LogP contribution in [-0.2, 0) is 4.79 Å². The third-order valence-electron chi connectivity index (χ3n) is 3.55. The van der Waals surface area contributed by atoms with Crippen molar-refractivity contribution in [1.82, 2.24) is 5.32 Å². The molecule has 5 nitrogen and oxygen atoms in total. The van der Waals surface area contributed by atoms with Gasteiger partial charge in [-0.15, -0.1) is 0 Å². The number of ether oxygens (including phenoxy) is 3. The van der Waals surface area contributed by atoms with Gasteiger partial charge >= 0.3 is 0 Å². The Morgan fingerprint density at radius 2 is 1.91 bits per heavy atom. The molecule has 2 aromatic carbocycles. The summed E-state index contributed by atoms with van der Waals surface area (Å²) in [6.07, 6.45) is -0.202. The van der Waals surface area contributed by atoms with Gasteiger partial charge in [0, 0.05) is 0 Å². The van der Waals surface area contributed by atoms with Gasteiger partial charge in [-0.2, -0.15) is 0 Å². The van der Waals surface area contributed by atoms with Crippen LogP contribution in [0.2, 0.25) is 0 Å². The fourth-order valence-electron chi connectivity index (χ4n) is 2.30. The average Bonchev–Trinajstić information content (AvgIpc) is 2.59. The van der Waals surface area contributed by atoms with Crippen molar-refractivity contribution < 1.29 is 19.0 Å². The minimum Gasteiger partial charge on any atom is -0.486 e. The summed E-state index contributed by atoms with van der Waals surface area (Å²) in [5, 5.41) is 2.80. The van der Waals surface area contributed by atoms with Crippen LogP contribution in [0.3, 0.4) is 0 Å². The summed E-state index contributed by atoms with van der Waals surface area (Å²) in [7, 11) is 0. The molecule has 3 rings (SSSR count). The lowest BCUT2D eigenvalue weighted by molar-refractivity contribution is -0.123. The van der Waals surface area contributed by atoms with Gasteiger partial charge in [0.05, 0.1) is 6.54 Å². The fraction of sp³-hybridized carbons (Fsp3) is 0.278. The molecule has 1 aliphatic heterocycles. The predicted molar refractivity (Wildman–Crippen MR) is 86.0 cm³/mol. The molecule has 0 saturated carbocycles. The molecule has 5 heteroatoms. The van der Waals surface area contributed by atoms with Gasteiger partial charge in [-0.1, -0.05) is 30.3 Å². The number of fused-ring (bicyclic) bond motifs is 1. The van der Waals surface area contributed by atoms with Crippen molar-refractivity contribution >= 4 is 5.91 Å². The van der Waals surface area contributed by atoms with Gasteiger partial charge in [0.2, 0.25) is 0 Å². The zero-order valence-electron chi connectivity index (χ0n) is 13.0. The molecule has 0 unspecified atom stereocenters. The van der Waals surface area contributed by atoms with Crippen molar-refractivity contribution in [2.24, 2.45) is 0 Å². The van der Waals surface area contributed by atoms with Crippen molar-refractivity contribution in [2.75, 3.05) is 19.8 Å². The normalized spacial score (nSPS) is 15.8. The molecule has 23 heavy (non-hydrogen) atoms. The van der Waals surface area contributed by atoms with Crippen molar-refractivity contribution in [2.45, 2.75) is 13.0 Å². The van der Waals surface area contributed by atoms with Gasteiger partial charge in [0.15, 0.2) is 18.1 Å². The van der Waals surface area contributed by atoms with E-state index < -0.39 is 0 Å². The number of carbonyl (C=O) groups excluding carboxylic acids is 1. The second kappa shape index (κ2) is 7.05. The van der Waals surface area contributed by atoms with Crippen molar-refractivity contribution in [3.05, 3.63) is 54.1 Å². The Balaban J connectivity index is 1.44. The van der Waals surface area contributed by atoms with Crippen molar-refractivity contribution in [1.29, 1.82) is 0 Å². The minimum atomic E-state index is -0.202. The standard InChI is InChI=1S/C18H19NO4/c1-13-6-2-3-7-15(13)22-12-18(20)19-10-14-11-21-16-8-4-5-9-17(16)23-14/h2-9,14H,10-12H2,1H3,(H,19,20)/t14-/m0/s1. The number of hydrogen-bond acceptors (Lipinski definition) is 4. The molecule has 0 fully saturated rings. The highest BCUT2D eigenvalue weighted by Gasteiger charge is 2.21. The van der Waals surface area contributed by atoms with Crippen LogP contribution in [0, 0.1) is 6.92 Å². The van der Waals surface area contributed by atoms with E-state index in [0.717, 1.165) is 11.3 Å². The molecule has 1 aliphatic rings. The van der Waals surface area contributed by atoms with Crippen LogP contribution in [0.1, 0.15) is 5.56 Å². The first-order chi connectivity index (χ1) is 11.2. The average molecular weight is 313 g/mol. The molecule has 0 aromatic heterocycles. The van der Waals surface area contributed by atoms with Crippen LogP contribution in [0.4, 0.5) is 0 Å². The SMILES string of the molecule is Cc1ccccc1OCC(=O)NC[C@H]1COc2ccccc2O1. The van der Waals surface area contributed by atoms with Crippen LogP contribution in [-0.4, -0.2) is 31.8 Å². The first kappa shape index (κ1) is 15.2. The highest BCUT2D eigenvalue weighted by atomic mass is 16.6. The van der Waals surface area contributed by atoms with Gasteiger partial charge in [0.1, 0.15) is 18.5 Å². The minimum absolute atomic E-state index is 0.0188. The van der Waals surface area contributed by atoms with E-state index in [0.29, 0.717) is 24.7 Å². The fourth-order valence-corrected chi connectivity index (χ4v) is 2.30. The zero-order chi connectivity index (χ0) is 16.1. The summed E-state index contributed by atoms with van der Waals surface area (Å²) in [5.74, 6) is 1.97. The molecule has 1 N–H and O–H groups in total. The summed E-state index contributed by atoms with van der Waals surface area (Å²) in [4.78, 5) is 11.9. The number of nitrogens with one attached hydrogen (secondary N) is 1. The third-order valence-corrected chi connectivity index (χ3v) is 3.55. The van der Waals surface area contributed by atoms with Crippen molar-refractivity contribution in [3.63, 3.8) is 0 Å². The maximum Gasteiger partial charge on any atom is 0.258 e. The van der Waals surface area contributed by atoms with E-state index in [1.165, 1.54) is 0 Å². The van der Waals surface area contributed by atoms with E-state index in [1.54, 1.807) is 0 Å². The van der Waals surface area contributed by atoms with Gasteiger partial charge in [-0.25, -0.2) is 0 Å². The summed E-state index contributed by atoms with van der Waals surface area (Å²) < 4.78 is 16.9. The Bertz CT molecular complexity index is 686. The molecular weight excluding hydrogens is 294 g/mol. The number of carbonyl (C=O) groups is 1. The van der Waals surface area contributed by atoms with Gasteiger partial charge in [-0.3, -0.25) is 4.79 Å². The number of amides is 1. The van der Waals surface area contributed by atoms with E-state index in [2.05, 4.69) is 5.32 Å². The second-order valence-corrected chi connectivity index (χ2v) is 5.36. The number of rotatable bonds is 5. The molecule has 1 heterocycles. The number of para-hydroxylation sites is 3. The Labute approximate surface area is 135 Å². The van der Waals surface area contributed by atoms with Gasteiger partial charge in [-0.05, 0) is 30.7 Å². The Morgan fingerprint density at radius 1 is 1.17 bits per heavy atom. The van der Waals surface area contributed by atoms with Crippen LogP contribution in [0.25, 0.3) is 0 Å². The Morgan fingerprint density at radius 3 is 2.74 bits per heavy atom. The monoisotopic (exact) mass is 313 g/mol. The third kappa shape index (κ3) is 3.94. The largest absolute Gasteiger partial charge is 0.486 e. The topological polar surface area (TPSA) is 56.8 Å². The summed E-state index contributed by atoms with van der Waals surface area (Å²) in [6, 6.07) is 15.1. The molecular formula is C18H19NO4. The molecule has 1 amide bonds. The predicted octanol–water partition coefficient (Wildman–Crippen LogP) is 2.33. The Hall–Kier alpha value is -2.69. The molecule has 120 valence electrons. The maximum absolute atomic E-state index is 11.9. The molecule has 0 saturated heterocycles. The molecule has 2 aromatic rings. The molecule has 0 spiro atoms. The molecule has 0 bridgehead atoms.